The molecular weight excluding hydrogens is 326 g/mol. The Balaban J connectivity index is 1.74. The Hall–Kier alpha value is -3.39. The minimum absolute atomic E-state index is 0.0607. The van der Waals surface area contributed by atoms with Crippen LogP contribution in [-0.2, 0) is 24.3 Å². The van der Waals surface area contributed by atoms with Gasteiger partial charge in [-0.25, -0.2) is 4.68 Å². The van der Waals surface area contributed by atoms with Gasteiger partial charge in [0.1, 0.15) is 6.54 Å². The van der Waals surface area contributed by atoms with Crippen LogP contribution in [0.2, 0.25) is 0 Å². The molecule has 1 heterocycles. The molecule has 0 spiro atoms. The highest BCUT2D eigenvalue weighted by atomic mass is 16.1. The molecule has 1 N–H and O–H groups in total. The largest absolute Gasteiger partial charge is 0.350 e. The number of hydrogen-bond acceptors (Lipinski definition) is 3. The molecule has 0 saturated carbocycles. The molecule has 0 unspecified atom stereocenters. The maximum absolute atomic E-state index is 12.4. The summed E-state index contributed by atoms with van der Waals surface area (Å²) in [5.74, 6) is 2.37. The van der Waals surface area contributed by atoms with Crippen LogP contribution in [0.4, 0.5) is 0 Å². The molecule has 0 saturated heterocycles. The highest BCUT2D eigenvalue weighted by Gasteiger charge is 2.11. The maximum Gasteiger partial charge on any atom is 0.275 e. The van der Waals surface area contributed by atoms with Crippen molar-refractivity contribution in [1.29, 1.82) is 0 Å². The average molecular weight is 345 g/mol. The van der Waals surface area contributed by atoms with Gasteiger partial charge in [-0.3, -0.25) is 9.59 Å². The van der Waals surface area contributed by atoms with Crippen LogP contribution < -0.4 is 10.9 Å². The highest BCUT2D eigenvalue weighted by molar-refractivity contribution is 5.84. The number of fused-ring (bicyclic) bond motifs is 1. The smallest absolute Gasteiger partial charge is 0.275 e. The number of aromatic nitrogens is 2. The van der Waals surface area contributed by atoms with E-state index in [0.29, 0.717) is 23.9 Å². The van der Waals surface area contributed by atoms with Gasteiger partial charge in [-0.05, 0) is 18.1 Å². The molecule has 1 aromatic heterocycles. The molecule has 0 aliphatic rings. The topological polar surface area (TPSA) is 64.0 Å². The molecule has 130 valence electrons. The van der Waals surface area contributed by atoms with Gasteiger partial charge in [-0.15, -0.1) is 6.42 Å². The Morgan fingerprint density at radius 1 is 1.08 bits per heavy atom. The van der Waals surface area contributed by atoms with E-state index in [9.17, 15) is 9.59 Å². The van der Waals surface area contributed by atoms with E-state index in [-0.39, 0.29) is 24.6 Å². The number of amides is 1. The van der Waals surface area contributed by atoms with Crippen LogP contribution in [0.1, 0.15) is 17.7 Å². The zero-order valence-electron chi connectivity index (χ0n) is 14.3. The Morgan fingerprint density at radius 3 is 2.50 bits per heavy atom. The molecule has 5 nitrogen and oxygen atoms in total. The van der Waals surface area contributed by atoms with E-state index in [4.69, 9.17) is 6.42 Å². The van der Waals surface area contributed by atoms with Gasteiger partial charge in [0.25, 0.3) is 5.56 Å². The van der Waals surface area contributed by atoms with Crippen LogP contribution in [-0.4, -0.2) is 15.7 Å². The average Bonchev–Trinajstić information content (AvgIpc) is 2.68. The molecule has 3 rings (SSSR count). The van der Waals surface area contributed by atoms with Crippen molar-refractivity contribution in [1.82, 2.24) is 15.1 Å². The van der Waals surface area contributed by atoms with E-state index in [2.05, 4.69) is 16.3 Å². The van der Waals surface area contributed by atoms with Crippen LogP contribution in [0, 0.1) is 12.3 Å². The van der Waals surface area contributed by atoms with Crippen molar-refractivity contribution >= 4 is 16.7 Å². The van der Waals surface area contributed by atoms with Gasteiger partial charge in [-0.2, -0.15) is 5.10 Å². The minimum atomic E-state index is -0.224. The van der Waals surface area contributed by atoms with Crippen LogP contribution in [0.15, 0.2) is 59.4 Å². The van der Waals surface area contributed by atoms with Crippen molar-refractivity contribution in [3.63, 3.8) is 0 Å². The summed E-state index contributed by atoms with van der Waals surface area (Å²) in [6, 6.07) is 17.1. The number of carbonyl (C=O) groups excluding carboxylic acids is 1. The summed E-state index contributed by atoms with van der Waals surface area (Å²) in [6.07, 6.45) is 6.39. The summed E-state index contributed by atoms with van der Waals surface area (Å²) in [7, 11) is 0. The number of terminal acetylenes is 1. The Labute approximate surface area is 151 Å². The minimum Gasteiger partial charge on any atom is -0.350 e. The first-order chi connectivity index (χ1) is 12.7. The van der Waals surface area contributed by atoms with Crippen molar-refractivity contribution in [2.75, 3.05) is 0 Å². The zero-order chi connectivity index (χ0) is 18.4. The van der Waals surface area contributed by atoms with Crippen LogP contribution in [0.5, 0.6) is 0 Å². The fourth-order valence-corrected chi connectivity index (χ4v) is 2.80. The fraction of sp³-hybridized carbons (Fsp3) is 0.190. The lowest BCUT2D eigenvalue weighted by molar-refractivity contribution is -0.121. The predicted octanol–water partition coefficient (Wildman–Crippen LogP) is 2.28. The lowest BCUT2D eigenvalue weighted by Gasteiger charge is -2.10. The molecule has 0 aliphatic heterocycles. The fourth-order valence-electron chi connectivity index (χ4n) is 2.80. The second-order valence-corrected chi connectivity index (χ2v) is 5.92. The van der Waals surface area contributed by atoms with E-state index in [1.165, 1.54) is 4.68 Å². The highest BCUT2D eigenvalue weighted by Crippen LogP contribution is 2.13. The zero-order valence-corrected chi connectivity index (χ0v) is 14.3. The van der Waals surface area contributed by atoms with Crippen molar-refractivity contribution in [2.45, 2.75) is 25.9 Å². The van der Waals surface area contributed by atoms with Crippen LogP contribution in [0.25, 0.3) is 10.8 Å². The van der Waals surface area contributed by atoms with Crippen molar-refractivity contribution in [2.24, 2.45) is 0 Å². The molecule has 0 radical (unpaired) electrons. The maximum atomic E-state index is 12.4. The van der Waals surface area contributed by atoms with Gasteiger partial charge in [0.05, 0.1) is 17.6 Å². The normalized spacial score (nSPS) is 10.4. The second-order valence-electron chi connectivity index (χ2n) is 5.92. The molecule has 0 bridgehead atoms. The lowest BCUT2D eigenvalue weighted by atomic mass is 10.1. The molecule has 2 aromatic carbocycles. The number of nitrogens with one attached hydrogen (secondary N) is 1. The summed E-state index contributed by atoms with van der Waals surface area (Å²) in [5.41, 5.74) is 1.52. The van der Waals surface area contributed by atoms with Gasteiger partial charge >= 0.3 is 0 Å². The van der Waals surface area contributed by atoms with Gasteiger partial charge < -0.3 is 5.32 Å². The molecule has 0 atom stereocenters. The van der Waals surface area contributed by atoms with Gasteiger partial charge in [0.15, 0.2) is 0 Å². The summed E-state index contributed by atoms with van der Waals surface area (Å²) in [4.78, 5) is 24.5. The number of hydrogen-bond donors (Lipinski definition) is 1. The standard InChI is InChI=1S/C21H19N3O2/c1-2-14-24-21(26)18-11-7-6-10-17(18)19(23-24)15-22-20(25)13-12-16-8-4-3-5-9-16/h1,3-11H,12-15H2,(H,22,25). The Morgan fingerprint density at radius 2 is 1.77 bits per heavy atom. The molecule has 26 heavy (non-hydrogen) atoms. The first-order valence-corrected chi connectivity index (χ1v) is 8.42. The van der Waals surface area contributed by atoms with Crippen LogP contribution in [0.3, 0.4) is 0 Å². The second kappa shape index (κ2) is 8.13. The van der Waals surface area contributed by atoms with E-state index < -0.39 is 0 Å². The summed E-state index contributed by atoms with van der Waals surface area (Å²) in [6.45, 7) is 0.345. The van der Waals surface area contributed by atoms with Crippen molar-refractivity contribution in [3.8, 4) is 12.3 Å². The number of benzene rings is 2. The number of carbonyl (C=O) groups is 1. The van der Waals surface area contributed by atoms with E-state index in [1.54, 1.807) is 12.1 Å². The van der Waals surface area contributed by atoms with Crippen molar-refractivity contribution in [3.05, 3.63) is 76.2 Å². The summed E-state index contributed by atoms with van der Waals surface area (Å²) in [5, 5.41) is 8.49. The first kappa shape index (κ1) is 17.4. The number of rotatable bonds is 6. The lowest BCUT2D eigenvalue weighted by Crippen LogP contribution is -2.28. The van der Waals surface area contributed by atoms with Crippen LogP contribution >= 0.6 is 0 Å². The van der Waals surface area contributed by atoms with E-state index in [1.807, 2.05) is 42.5 Å². The SMILES string of the molecule is C#CCn1nc(CNC(=O)CCc2ccccc2)c2ccccc2c1=O. The molecule has 5 heteroatoms. The van der Waals surface area contributed by atoms with Gasteiger partial charge in [0.2, 0.25) is 5.91 Å². The quantitative estimate of drug-likeness (QED) is 0.697. The third-order valence-corrected chi connectivity index (χ3v) is 4.12. The number of aryl methyl sites for hydroxylation is 1. The third-order valence-electron chi connectivity index (χ3n) is 4.12. The first-order valence-electron chi connectivity index (χ1n) is 8.42. The molecule has 0 fully saturated rings. The Bertz CT molecular complexity index is 1020. The number of nitrogens with zero attached hydrogens (tertiary/aromatic N) is 2. The van der Waals surface area contributed by atoms with E-state index in [0.717, 1.165) is 10.9 Å². The Kier molecular flexibility index (Phi) is 5.45. The van der Waals surface area contributed by atoms with E-state index >= 15 is 0 Å². The summed E-state index contributed by atoms with van der Waals surface area (Å²) >= 11 is 0. The summed E-state index contributed by atoms with van der Waals surface area (Å²) < 4.78 is 1.26. The van der Waals surface area contributed by atoms with Gasteiger partial charge in [0, 0.05) is 11.8 Å². The molecule has 0 aliphatic carbocycles. The van der Waals surface area contributed by atoms with Gasteiger partial charge in [-0.1, -0.05) is 54.5 Å². The third kappa shape index (κ3) is 3.98. The monoisotopic (exact) mass is 345 g/mol. The molecule has 3 aromatic rings. The molecular formula is C21H19N3O2. The predicted molar refractivity (Wildman–Crippen MR) is 101 cm³/mol. The molecule has 1 amide bonds. The van der Waals surface area contributed by atoms with Crippen molar-refractivity contribution < 1.29 is 4.79 Å².